The molecule has 1 unspecified atom stereocenters. The van der Waals surface area contributed by atoms with Gasteiger partial charge in [0.05, 0.1) is 47.1 Å². The second kappa shape index (κ2) is 16.1. The Morgan fingerprint density at radius 2 is 1.72 bits per heavy atom. The number of rotatable bonds is 10. The van der Waals surface area contributed by atoms with Gasteiger partial charge < -0.3 is 24.4 Å². The van der Waals surface area contributed by atoms with Gasteiger partial charge in [0, 0.05) is 50.4 Å². The smallest absolute Gasteiger partial charge is 0.425 e. The van der Waals surface area contributed by atoms with Crippen LogP contribution in [0.4, 0.5) is 32.0 Å². The monoisotopic (exact) mass is 836 g/mol. The minimum atomic E-state index is -4.98. The molecule has 7 rings (SSSR count). The number of carbonyl (C=O) groups excluding carboxylic acids is 2. The van der Waals surface area contributed by atoms with Gasteiger partial charge in [-0.3, -0.25) is 24.1 Å². The number of hydrogen-bond donors (Lipinski definition) is 1. The Balaban J connectivity index is 1.25. The number of nitrogens with one attached hydrogen (secondary N) is 1. The first-order valence-corrected chi connectivity index (χ1v) is 18.2. The van der Waals surface area contributed by atoms with Crippen molar-refractivity contribution in [3.05, 3.63) is 129 Å². The van der Waals surface area contributed by atoms with Gasteiger partial charge in [-0.15, -0.1) is 13.2 Å². The average Bonchev–Trinajstić information content (AvgIpc) is 3.20. The van der Waals surface area contributed by atoms with Crippen molar-refractivity contribution in [1.29, 1.82) is 0 Å². The first kappa shape index (κ1) is 41.4. The maximum absolute atomic E-state index is 15.9. The number of fused-ring (bicyclic) bond motifs is 2. The molecule has 0 radical (unpaired) electrons. The van der Waals surface area contributed by atoms with Crippen molar-refractivity contribution in [2.45, 2.75) is 44.6 Å². The van der Waals surface area contributed by atoms with Gasteiger partial charge in [0.15, 0.2) is 0 Å². The minimum Gasteiger partial charge on any atom is -0.425 e. The minimum absolute atomic E-state index is 0.0267. The summed E-state index contributed by atoms with van der Waals surface area (Å²) in [6.07, 6.45) is -1.12. The molecule has 6 aromatic rings. The molecule has 0 bridgehead atoms. The largest absolute Gasteiger partial charge is 0.573 e. The number of halogens is 6. The van der Waals surface area contributed by atoms with E-state index < -0.39 is 64.6 Å². The van der Waals surface area contributed by atoms with Crippen molar-refractivity contribution in [3.63, 3.8) is 0 Å². The summed E-state index contributed by atoms with van der Waals surface area (Å²) in [4.78, 5) is 64.8. The summed E-state index contributed by atoms with van der Waals surface area (Å²) >= 11 is 0. The van der Waals surface area contributed by atoms with E-state index in [0.29, 0.717) is 16.5 Å². The number of morpholine rings is 1. The third-order valence-corrected chi connectivity index (χ3v) is 9.99. The van der Waals surface area contributed by atoms with E-state index in [1.54, 1.807) is 12.1 Å². The molecule has 19 heteroatoms. The van der Waals surface area contributed by atoms with Gasteiger partial charge in [0.2, 0.25) is 0 Å². The normalized spacial score (nSPS) is 15.2. The van der Waals surface area contributed by atoms with Crippen LogP contribution in [0.3, 0.4) is 0 Å². The summed E-state index contributed by atoms with van der Waals surface area (Å²) in [6, 6.07) is 10.7. The predicted octanol–water partition coefficient (Wildman–Crippen LogP) is 5.79. The van der Waals surface area contributed by atoms with Crippen molar-refractivity contribution < 1.29 is 50.1 Å². The summed E-state index contributed by atoms with van der Waals surface area (Å²) in [5.41, 5.74) is -0.796. The third kappa shape index (κ3) is 8.38. The van der Waals surface area contributed by atoms with Crippen LogP contribution >= 0.6 is 0 Å². The molecule has 4 heterocycles. The number of ether oxygens (including phenoxy) is 3. The van der Waals surface area contributed by atoms with Crippen LogP contribution < -0.4 is 30.9 Å². The molecule has 0 aliphatic carbocycles. The average molecular weight is 837 g/mol. The zero-order chi connectivity index (χ0) is 43.1. The number of nitrogens with zero attached hydrogens (tertiary/aromatic N) is 5. The molecule has 60 heavy (non-hydrogen) atoms. The van der Waals surface area contributed by atoms with E-state index in [2.05, 4.69) is 20.0 Å². The fourth-order valence-electron chi connectivity index (χ4n) is 7.13. The van der Waals surface area contributed by atoms with Crippen LogP contribution in [0.15, 0.2) is 94.9 Å². The quantitative estimate of drug-likeness (QED) is 0.102. The lowest BCUT2D eigenvalue weighted by molar-refractivity contribution is -0.274. The highest BCUT2D eigenvalue weighted by Crippen LogP contribution is 2.33. The number of hydrogen-bond acceptors (Lipinski definition) is 10. The summed E-state index contributed by atoms with van der Waals surface area (Å²) in [6.45, 7) is 1.94. The molecule has 1 aliphatic heterocycles. The highest BCUT2D eigenvalue weighted by Gasteiger charge is 2.41. The van der Waals surface area contributed by atoms with Crippen LogP contribution in [0.25, 0.3) is 27.5 Å². The Bertz CT molecular complexity index is 2730. The number of aromatic nitrogens is 4. The molecule has 0 saturated carbocycles. The molecule has 1 N–H and O–H groups in total. The lowest BCUT2D eigenvalue weighted by Crippen LogP contribution is -2.54. The van der Waals surface area contributed by atoms with Gasteiger partial charge in [-0.1, -0.05) is 12.1 Å². The molecule has 1 amide bonds. The number of esters is 1. The molecule has 0 spiro atoms. The number of amides is 1. The fourth-order valence-corrected chi connectivity index (χ4v) is 7.13. The number of benzene rings is 3. The second-order valence-electron chi connectivity index (χ2n) is 14.0. The van der Waals surface area contributed by atoms with Gasteiger partial charge >= 0.3 is 18.0 Å². The van der Waals surface area contributed by atoms with Crippen molar-refractivity contribution in [2.75, 3.05) is 24.7 Å². The molecular weight excluding hydrogens is 802 g/mol. The standard InChI is InChI=1S/C41H34F6N6O7/c1-22-17-24(52-15-16-58-21-33(52)40(2,43)44)19-29(42)34(22)36(54)50-30(38(56)59-25-7-9-26(10-8-25)60-41(45,46)47)18-23-6-11-31(35-27(23)5-4-13-49-35)53-37(55)28-12-14-48-20-32(28)51(3)39(53)57/h4-14,17,19-20,30,33H,15-16,18,21H2,1-3H3,(H,50,54)/t30?,33-/m1/s1. The van der Waals surface area contributed by atoms with Gasteiger partial charge in [-0.25, -0.2) is 27.3 Å². The first-order chi connectivity index (χ1) is 28.4. The van der Waals surface area contributed by atoms with E-state index in [0.717, 1.165) is 41.8 Å². The van der Waals surface area contributed by atoms with Crippen LogP contribution in [0.1, 0.15) is 28.4 Å². The van der Waals surface area contributed by atoms with Gasteiger partial charge in [-0.05, 0) is 72.6 Å². The second-order valence-corrected chi connectivity index (χ2v) is 14.0. The van der Waals surface area contributed by atoms with Crippen LogP contribution in [0, 0.1) is 12.7 Å². The Morgan fingerprint density at radius 3 is 2.42 bits per heavy atom. The lowest BCUT2D eigenvalue weighted by Gasteiger charge is -2.40. The molecule has 3 aromatic heterocycles. The van der Waals surface area contributed by atoms with E-state index in [9.17, 15) is 41.1 Å². The van der Waals surface area contributed by atoms with Crippen LogP contribution in [0.5, 0.6) is 11.5 Å². The molecule has 312 valence electrons. The topological polar surface area (TPSA) is 147 Å². The van der Waals surface area contributed by atoms with Crippen LogP contribution in [-0.2, 0) is 23.0 Å². The fraction of sp³-hybridized carbons (Fsp3) is 0.268. The van der Waals surface area contributed by atoms with Crippen molar-refractivity contribution >= 4 is 39.4 Å². The summed E-state index contributed by atoms with van der Waals surface area (Å²) in [7, 11) is 1.48. The maximum Gasteiger partial charge on any atom is 0.573 e. The van der Waals surface area contributed by atoms with Crippen molar-refractivity contribution in [3.8, 4) is 17.2 Å². The number of pyridine rings is 2. The Morgan fingerprint density at radius 1 is 0.983 bits per heavy atom. The van der Waals surface area contributed by atoms with Crippen LogP contribution in [-0.4, -0.2) is 75.1 Å². The molecular formula is C41H34F6N6O7. The molecule has 1 saturated heterocycles. The summed E-state index contributed by atoms with van der Waals surface area (Å²) in [5.74, 6) is -7.29. The molecule has 3 aromatic carbocycles. The number of carbonyl (C=O) groups is 2. The van der Waals surface area contributed by atoms with Crippen LogP contribution in [0.2, 0.25) is 0 Å². The highest BCUT2D eigenvalue weighted by atomic mass is 19.4. The van der Waals surface area contributed by atoms with Gasteiger partial charge in [0.25, 0.3) is 17.4 Å². The van der Waals surface area contributed by atoms with Gasteiger partial charge in [0.1, 0.15) is 29.4 Å². The Hall–Kier alpha value is -6.76. The van der Waals surface area contributed by atoms with Crippen molar-refractivity contribution in [1.82, 2.24) is 24.4 Å². The SMILES string of the molecule is Cc1cc(N2CCOC[C@@H]2C(C)(F)F)cc(F)c1C(=O)NC(Cc1ccc(-n2c(=O)c3ccncc3n(C)c2=O)c2ncccc12)C(=O)Oc1ccc(OC(F)(F)F)cc1. The number of alkyl halides is 5. The lowest BCUT2D eigenvalue weighted by atomic mass is 9.98. The number of aryl methyl sites for hydroxylation is 2. The zero-order valence-electron chi connectivity index (χ0n) is 31.9. The highest BCUT2D eigenvalue weighted by molar-refractivity contribution is 5.99. The molecule has 13 nitrogen and oxygen atoms in total. The molecule has 1 aliphatic rings. The summed E-state index contributed by atoms with van der Waals surface area (Å²) < 4.78 is 100. The maximum atomic E-state index is 15.9. The Labute approximate surface area is 335 Å². The Kier molecular flexibility index (Phi) is 11.1. The zero-order valence-corrected chi connectivity index (χ0v) is 31.9. The predicted molar refractivity (Wildman–Crippen MR) is 205 cm³/mol. The van der Waals surface area contributed by atoms with E-state index >= 15 is 4.39 Å². The van der Waals surface area contributed by atoms with E-state index in [4.69, 9.17) is 9.47 Å². The third-order valence-electron chi connectivity index (χ3n) is 9.99. The first-order valence-electron chi connectivity index (χ1n) is 18.2. The van der Waals surface area contributed by atoms with E-state index in [1.807, 2.05) is 0 Å². The van der Waals surface area contributed by atoms with Gasteiger partial charge in [-0.2, -0.15) is 0 Å². The molecule has 1 fully saturated rings. The van der Waals surface area contributed by atoms with E-state index in [1.165, 1.54) is 66.3 Å². The van der Waals surface area contributed by atoms with E-state index in [-0.39, 0.29) is 59.8 Å². The number of anilines is 1. The van der Waals surface area contributed by atoms with Crippen molar-refractivity contribution in [2.24, 2.45) is 7.05 Å². The summed E-state index contributed by atoms with van der Waals surface area (Å²) in [5, 5.41) is 3.05. The molecule has 2 atom stereocenters.